The van der Waals surface area contributed by atoms with E-state index in [1.54, 1.807) is 0 Å². The normalized spacial score (nSPS) is 7.42. The third kappa shape index (κ3) is 19.8. The first kappa shape index (κ1) is 42.8. The van der Waals surface area contributed by atoms with Crippen LogP contribution in [0.25, 0.3) is 0 Å². The van der Waals surface area contributed by atoms with Gasteiger partial charge in [-0.3, -0.25) is 0 Å². The molecule has 5 N–H and O–H groups in total. The maximum atomic E-state index is 10.1. The third-order valence-corrected chi connectivity index (χ3v) is 1.25. The van der Waals surface area contributed by atoms with Gasteiger partial charge < -0.3 is 45.8 Å². The molecule has 0 amide bonds. The fourth-order valence-electron chi connectivity index (χ4n) is 0.684. The van der Waals surface area contributed by atoms with Gasteiger partial charge in [-0.2, -0.15) is 0 Å². The summed E-state index contributed by atoms with van der Waals surface area (Å²) < 4.78 is 0. The smallest absolute Gasteiger partial charge is 0.550 e. The molecule has 1 radical (unpaired) electrons. The summed E-state index contributed by atoms with van der Waals surface area (Å²) in [6, 6.07) is 0. The number of hydrogen-bond acceptors (Lipinski definition) is 7. The Morgan fingerprint density at radius 1 is 0.842 bits per heavy atom. The molecule has 97 valence electrons. The Morgan fingerprint density at radius 3 is 1.16 bits per heavy atom. The summed E-state index contributed by atoms with van der Waals surface area (Å²) in [6.07, 6.45) is -2.72. The van der Waals surface area contributed by atoms with E-state index in [2.05, 4.69) is 0 Å². The van der Waals surface area contributed by atoms with Gasteiger partial charge in [0.05, 0.1) is 5.97 Å². The second-order valence-electron chi connectivity index (χ2n) is 2.42. The fraction of sp³-hybridized carbons (Fsp3) is 0.500. The van der Waals surface area contributed by atoms with E-state index in [1.165, 1.54) is 0 Å². The molecule has 0 aromatic rings. The van der Waals surface area contributed by atoms with E-state index in [0.29, 0.717) is 0 Å². The first-order valence-corrected chi connectivity index (χ1v) is 3.11. The molecule has 9 nitrogen and oxygen atoms in total. The monoisotopic (exact) mass is 349 g/mol. The second kappa shape index (κ2) is 19.8. The van der Waals surface area contributed by atoms with Crippen LogP contribution in [0.3, 0.4) is 0 Å². The molecule has 0 aliphatic carbocycles. The van der Waals surface area contributed by atoms with Gasteiger partial charge in [-0.15, -0.1) is 0 Å². The van der Waals surface area contributed by atoms with Crippen molar-refractivity contribution in [2.45, 2.75) is 18.4 Å². The minimum Gasteiger partial charge on any atom is -0.550 e. The summed E-state index contributed by atoms with van der Waals surface area (Å²) in [4.78, 5) is 30.0. The summed E-state index contributed by atoms with van der Waals surface area (Å²) in [7, 11) is 0. The predicted molar refractivity (Wildman–Crippen MR) is 36.4 cm³/mol. The van der Waals surface area contributed by atoms with Crippen LogP contribution in [0.4, 0.5) is 0 Å². The largest absolute Gasteiger partial charge is 1.00 e. The van der Waals surface area contributed by atoms with Gasteiger partial charge in [-0.1, -0.05) is 0 Å². The predicted octanol–water partition coefficient (Wildman–Crippen LogP) is -15.9. The fourth-order valence-corrected chi connectivity index (χ4v) is 0.684. The van der Waals surface area contributed by atoms with Crippen molar-refractivity contribution < 1.29 is 152 Å². The van der Waals surface area contributed by atoms with Crippen molar-refractivity contribution in [1.82, 2.24) is 0 Å². The van der Waals surface area contributed by atoms with Crippen LogP contribution in [-0.4, -0.2) is 39.6 Å². The molecule has 0 saturated carbocycles. The molecule has 0 rings (SSSR count). The van der Waals surface area contributed by atoms with Crippen molar-refractivity contribution >= 4 is 17.9 Å². The minimum absolute atomic E-state index is 0. The van der Waals surface area contributed by atoms with E-state index in [1.807, 2.05) is 0 Å². The van der Waals surface area contributed by atoms with E-state index in [4.69, 9.17) is 5.11 Å². The molecular weight excluding hydrogens is 340 g/mol. The van der Waals surface area contributed by atoms with Crippen molar-refractivity contribution in [3.05, 3.63) is 0 Å². The topological polar surface area (TPSA) is 204 Å². The molecule has 0 atom stereocenters. The van der Waals surface area contributed by atoms with Crippen molar-refractivity contribution in [2.75, 3.05) is 0 Å². The molecule has 0 saturated heterocycles. The van der Waals surface area contributed by atoms with Crippen LogP contribution < -0.4 is 104 Å². The molecule has 0 aromatic carbocycles. The SMILES string of the molecule is O.O.O=C([O-])CC(O)(CC(=O)[O-])C(=O)[O-].[Mn].[Na+].[Na+].[Na+]. The van der Waals surface area contributed by atoms with E-state index >= 15 is 0 Å². The van der Waals surface area contributed by atoms with E-state index in [9.17, 15) is 29.7 Å². The number of rotatable bonds is 5. The van der Waals surface area contributed by atoms with E-state index in [0.717, 1.165) is 0 Å². The van der Waals surface area contributed by atoms with Gasteiger partial charge >= 0.3 is 88.7 Å². The average molecular weight is 349 g/mol. The van der Waals surface area contributed by atoms with E-state index < -0.39 is 36.4 Å². The Bertz CT molecular complexity index is 246. The Hall–Kier alpha value is 1.81. The number of hydrogen-bond donors (Lipinski definition) is 1. The van der Waals surface area contributed by atoms with Crippen LogP contribution in [-0.2, 0) is 31.5 Å². The quantitative estimate of drug-likeness (QED) is 0.474. The third-order valence-electron chi connectivity index (χ3n) is 1.25. The van der Waals surface area contributed by atoms with Gasteiger partial charge in [0.1, 0.15) is 5.60 Å². The number of carboxylic acids is 3. The zero-order valence-electron chi connectivity index (χ0n) is 10.7. The van der Waals surface area contributed by atoms with Gasteiger partial charge in [-0.25, -0.2) is 0 Å². The molecule has 0 unspecified atom stereocenters. The Kier molecular flexibility index (Phi) is 44.6. The first-order valence-electron chi connectivity index (χ1n) is 3.11. The second-order valence-corrected chi connectivity index (χ2v) is 2.42. The Balaban J connectivity index is -0.0000000480. The van der Waals surface area contributed by atoms with Crippen LogP contribution in [0.1, 0.15) is 12.8 Å². The van der Waals surface area contributed by atoms with Crippen molar-refractivity contribution in [1.29, 1.82) is 0 Å². The molecule has 0 bridgehead atoms. The zero-order chi connectivity index (χ0) is 10.6. The van der Waals surface area contributed by atoms with E-state index in [-0.39, 0.29) is 117 Å². The maximum absolute atomic E-state index is 10.1. The molecule has 13 heteroatoms. The van der Waals surface area contributed by atoms with Crippen LogP contribution in [0.5, 0.6) is 0 Å². The first-order chi connectivity index (χ1) is 5.78. The van der Waals surface area contributed by atoms with Crippen LogP contribution in [0.15, 0.2) is 0 Å². The minimum atomic E-state index is -2.97. The van der Waals surface area contributed by atoms with Crippen molar-refractivity contribution in [3.8, 4) is 0 Å². The van der Waals surface area contributed by atoms with Crippen LogP contribution in [0.2, 0.25) is 0 Å². The maximum Gasteiger partial charge on any atom is 1.00 e. The number of carbonyl (C=O) groups excluding carboxylic acids is 3. The van der Waals surface area contributed by atoms with Gasteiger partial charge in [-0.05, 0) is 0 Å². The standard InChI is InChI=1S/C6H8O7.Mn.3Na.2H2O/c7-3(8)1-6(13,5(11)12)2-4(9)10;;;;;;/h13H,1-2H2,(H,7,8)(H,9,10)(H,11,12);;;;;2*1H2/q;;3*+1;;/p-3. The number of aliphatic carboxylic acids is 3. The van der Waals surface area contributed by atoms with Crippen molar-refractivity contribution in [3.63, 3.8) is 0 Å². The number of carbonyl (C=O) groups is 3. The zero-order valence-corrected chi connectivity index (χ0v) is 17.9. The molecular formula is C6H9MnNa3O9. The summed E-state index contributed by atoms with van der Waals surface area (Å²) in [5.41, 5.74) is -2.97. The molecule has 0 heterocycles. The molecule has 0 spiro atoms. The molecule has 0 aromatic heterocycles. The Morgan fingerprint density at radius 2 is 1.05 bits per heavy atom. The molecule has 0 aliphatic rings. The number of carboxylic acid groups (broad SMARTS) is 3. The number of aliphatic hydroxyl groups is 1. The van der Waals surface area contributed by atoms with Crippen LogP contribution >= 0.6 is 0 Å². The summed E-state index contributed by atoms with van der Waals surface area (Å²) >= 11 is 0. The van der Waals surface area contributed by atoms with Gasteiger partial charge in [0, 0.05) is 41.8 Å². The Labute approximate surface area is 185 Å². The summed E-state index contributed by atoms with van der Waals surface area (Å²) in [5.74, 6) is -5.98. The van der Waals surface area contributed by atoms with Crippen molar-refractivity contribution in [2.24, 2.45) is 0 Å². The summed E-state index contributed by atoms with van der Waals surface area (Å²) in [6.45, 7) is 0. The molecule has 0 fully saturated rings. The van der Waals surface area contributed by atoms with Gasteiger partial charge in [0.25, 0.3) is 0 Å². The molecule has 19 heavy (non-hydrogen) atoms. The van der Waals surface area contributed by atoms with Gasteiger partial charge in [0.2, 0.25) is 0 Å². The summed E-state index contributed by atoms with van der Waals surface area (Å²) in [5, 5.41) is 38.9. The average Bonchev–Trinajstić information content (AvgIpc) is 1.82. The van der Waals surface area contributed by atoms with Gasteiger partial charge in [0.15, 0.2) is 0 Å². The van der Waals surface area contributed by atoms with Crippen LogP contribution in [0, 0.1) is 0 Å². The molecule has 0 aliphatic heterocycles.